The number of benzene rings is 3. The number of carbonyl (C=O) groups excluding carboxylic acids is 1. The van der Waals surface area contributed by atoms with Crippen LogP contribution in [0.25, 0.3) is 0 Å². The summed E-state index contributed by atoms with van der Waals surface area (Å²) in [5.74, 6) is 0.0978. The van der Waals surface area contributed by atoms with E-state index in [1.807, 2.05) is 37.3 Å². The van der Waals surface area contributed by atoms with E-state index in [2.05, 4.69) is 5.32 Å². The molecule has 3 rings (SSSR count). The zero-order valence-electron chi connectivity index (χ0n) is 16.6. The first kappa shape index (κ1) is 21.9. The molecule has 1 amide bonds. The molecule has 1 N–H and O–H groups in total. The van der Waals surface area contributed by atoms with Crippen molar-refractivity contribution in [1.29, 1.82) is 0 Å². The van der Waals surface area contributed by atoms with Gasteiger partial charge in [-0.15, -0.1) is 0 Å². The number of nitrogens with one attached hydrogen (secondary N) is 1. The highest BCUT2D eigenvalue weighted by Crippen LogP contribution is 2.25. The van der Waals surface area contributed by atoms with Crippen molar-refractivity contribution in [3.8, 4) is 5.75 Å². The second kappa shape index (κ2) is 9.32. The van der Waals surface area contributed by atoms with Crippen molar-refractivity contribution >= 4 is 27.3 Å². The van der Waals surface area contributed by atoms with Crippen LogP contribution in [0.1, 0.15) is 34.5 Å². The van der Waals surface area contributed by atoms with E-state index >= 15 is 0 Å². The Morgan fingerprint density at radius 3 is 2.33 bits per heavy atom. The molecule has 0 aliphatic heterocycles. The summed E-state index contributed by atoms with van der Waals surface area (Å²) in [7, 11) is -3.27. The van der Waals surface area contributed by atoms with Crippen LogP contribution in [0.2, 0.25) is 5.02 Å². The number of carbonyl (C=O) groups is 1. The van der Waals surface area contributed by atoms with Gasteiger partial charge in [-0.25, -0.2) is 8.42 Å². The number of halogens is 1. The van der Waals surface area contributed by atoms with Crippen molar-refractivity contribution in [3.63, 3.8) is 0 Å². The maximum Gasteiger partial charge on any atom is 0.255 e. The second-order valence-corrected chi connectivity index (χ2v) is 9.40. The fourth-order valence-electron chi connectivity index (χ4n) is 2.90. The lowest BCUT2D eigenvalue weighted by atomic mass is 10.1. The molecule has 3 aromatic carbocycles. The minimum Gasteiger partial charge on any atom is -0.488 e. The Labute approximate surface area is 181 Å². The molecular formula is C23H22ClNO4S. The summed E-state index contributed by atoms with van der Waals surface area (Å²) in [6.45, 7) is 2.15. The zero-order chi connectivity index (χ0) is 21.7. The van der Waals surface area contributed by atoms with Crippen LogP contribution in [-0.2, 0) is 16.4 Å². The molecule has 1 atom stereocenters. The van der Waals surface area contributed by atoms with Gasteiger partial charge in [0.2, 0.25) is 0 Å². The van der Waals surface area contributed by atoms with Crippen molar-refractivity contribution in [2.45, 2.75) is 24.5 Å². The summed E-state index contributed by atoms with van der Waals surface area (Å²) in [5.41, 5.74) is 2.10. The molecule has 7 heteroatoms. The van der Waals surface area contributed by atoms with Crippen molar-refractivity contribution in [1.82, 2.24) is 5.32 Å². The van der Waals surface area contributed by atoms with Gasteiger partial charge < -0.3 is 10.1 Å². The van der Waals surface area contributed by atoms with E-state index in [1.165, 1.54) is 12.1 Å². The zero-order valence-corrected chi connectivity index (χ0v) is 18.2. The molecule has 0 aliphatic carbocycles. The number of hydrogen-bond donors (Lipinski definition) is 1. The highest BCUT2D eigenvalue weighted by atomic mass is 35.5. The minimum absolute atomic E-state index is 0.233. The predicted octanol–water partition coefficient (Wildman–Crippen LogP) is 4.81. The predicted molar refractivity (Wildman–Crippen MR) is 118 cm³/mol. The molecule has 0 fully saturated rings. The molecule has 0 aliphatic rings. The lowest BCUT2D eigenvalue weighted by Crippen LogP contribution is -2.27. The third-order valence-corrected chi connectivity index (χ3v) is 5.94. The third kappa shape index (κ3) is 5.62. The van der Waals surface area contributed by atoms with Crippen LogP contribution in [-0.4, -0.2) is 20.6 Å². The normalized spacial score (nSPS) is 12.2. The quantitative estimate of drug-likeness (QED) is 0.568. The standard InChI is InChI=1S/C23H22ClNO4S/c1-16(18-8-11-20(12-9-18)30(2,27)28)25-23(26)21-14-19(24)10-13-22(21)29-15-17-6-4-3-5-7-17/h3-14,16H,15H2,1-2H3,(H,25,26)/t16-/m0/s1. The van der Waals surface area contributed by atoms with Gasteiger partial charge in [-0.1, -0.05) is 54.1 Å². The molecule has 0 aromatic heterocycles. The molecule has 0 unspecified atom stereocenters. The van der Waals surface area contributed by atoms with E-state index in [0.717, 1.165) is 17.4 Å². The van der Waals surface area contributed by atoms with Crippen LogP contribution in [0.4, 0.5) is 0 Å². The third-order valence-electron chi connectivity index (χ3n) is 4.58. The van der Waals surface area contributed by atoms with Crippen LogP contribution < -0.4 is 10.1 Å². The largest absolute Gasteiger partial charge is 0.488 e. The van der Waals surface area contributed by atoms with Crippen molar-refractivity contribution in [3.05, 3.63) is 94.5 Å². The van der Waals surface area contributed by atoms with Crippen LogP contribution in [0, 0.1) is 0 Å². The molecule has 30 heavy (non-hydrogen) atoms. The van der Waals surface area contributed by atoms with Gasteiger partial charge in [0, 0.05) is 11.3 Å². The molecule has 3 aromatic rings. The molecule has 0 saturated carbocycles. The SMILES string of the molecule is C[C@H](NC(=O)c1cc(Cl)ccc1OCc1ccccc1)c1ccc(S(C)(=O)=O)cc1. The molecular weight excluding hydrogens is 422 g/mol. The Balaban J connectivity index is 1.74. The van der Waals surface area contributed by atoms with E-state index in [-0.39, 0.29) is 16.8 Å². The van der Waals surface area contributed by atoms with Gasteiger partial charge in [0.25, 0.3) is 5.91 Å². The summed E-state index contributed by atoms with van der Waals surface area (Å²) in [4.78, 5) is 13.1. The average Bonchev–Trinajstić information content (AvgIpc) is 2.73. The van der Waals surface area contributed by atoms with E-state index in [0.29, 0.717) is 22.9 Å². The van der Waals surface area contributed by atoms with Crippen LogP contribution in [0.5, 0.6) is 5.75 Å². The van der Waals surface area contributed by atoms with Crippen molar-refractivity contribution in [2.24, 2.45) is 0 Å². The molecule has 0 saturated heterocycles. The molecule has 156 valence electrons. The lowest BCUT2D eigenvalue weighted by molar-refractivity contribution is 0.0935. The minimum atomic E-state index is -3.27. The first-order valence-corrected chi connectivity index (χ1v) is 11.6. The molecule has 0 radical (unpaired) electrons. The van der Waals surface area contributed by atoms with Gasteiger partial charge in [-0.05, 0) is 48.4 Å². The monoisotopic (exact) mass is 443 g/mol. The summed E-state index contributed by atoms with van der Waals surface area (Å²) >= 11 is 6.10. The first-order chi connectivity index (χ1) is 14.2. The van der Waals surface area contributed by atoms with Crippen LogP contribution in [0.15, 0.2) is 77.7 Å². The Hall–Kier alpha value is -2.83. The Morgan fingerprint density at radius 1 is 1.03 bits per heavy atom. The number of rotatable bonds is 7. The molecule has 0 heterocycles. The Kier molecular flexibility index (Phi) is 6.80. The summed E-state index contributed by atoms with van der Waals surface area (Å²) in [6.07, 6.45) is 1.16. The lowest BCUT2D eigenvalue weighted by Gasteiger charge is -2.17. The topological polar surface area (TPSA) is 72.5 Å². The molecule has 0 spiro atoms. The van der Waals surface area contributed by atoms with E-state index in [9.17, 15) is 13.2 Å². The number of hydrogen-bond acceptors (Lipinski definition) is 4. The van der Waals surface area contributed by atoms with Gasteiger partial charge in [0.1, 0.15) is 12.4 Å². The van der Waals surface area contributed by atoms with Gasteiger partial charge in [0.15, 0.2) is 9.84 Å². The Morgan fingerprint density at radius 2 is 1.70 bits per heavy atom. The maximum absolute atomic E-state index is 12.9. The highest BCUT2D eigenvalue weighted by molar-refractivity contribution is 7.90. The highest BCUT2D eigenvalue weighted by Gasteiger charge is 2.17. The molecule has 5 nitrogen and oxygen atoms in total. The van der Waals surface area contributed by atoms with Crippen molar-refractivity contribution in [2.75, 3.05) is 6.26 Å². The smallest absolute Gasteiger partial charge is 0.255 e. The summed E-state index contributed by atoms with van der Waals surface area (Å²) < 4.78 is 29.1. The fraction of sp³-hybridized carbons (Fsp3) is 0.174. The second-order valence-electron chi connectivity index (χ2n) is 6.95. The van der Waals surface area contributed by atoms with Crippen molar-refractivity contribution < 1.29 is 17.9 Å². The Bertz CT molecular complexity index is 1130. The number of ether oxygens (including phenoxy) is 1. The van der Waals surface area contributed by atoms with Gasteiger partial charge in [0.05, 0.1) is 16.5 Å². The average molecular weight is 444 g/mol. The van der Waals surface area contributed by atoms with Gasteiger partial charge >= 0.3 is 0 Å². The van der Waals surface area contributed by atoms with Gasteiger partial charge in [-0.2, -0.15) is 0 Å². The van der Waals surface area contributed by atoms with Crippen LogP contribution >= 0.6 is 11.6 Å². The molecule has 0 bridgehead atoms. The summed E-state index contributed by atoms with van der Waals surface area (Å²) in [6, 6.07) is 20.7. The number of amides is 1. The maximum atomic E-state index is 12.9. The fourth-order valence-corrected chi connectivity index (χ4v) is 3.70. The van der Waals surface area contributed by atoms with Crippen LogP contribution in [0.3, 0.4) is 0 Å². The van der Waals surface area contributed by atoms with E-state index in [4.69, 9.17) is 16.3 Å². The van der Waals surface area contributed by atoms with E-state index < -0.39 is 9.84 Å². The number of sulfone groups is 1. The van der Waals surface area contributed by atoms with E-state index in [1.54, 1.807) is 30.3 Å². The first-order valence-electron chi connectivity index (χ1n) is 9.31. The summed E-state index contributed by atoms with van der Waals surface area (Å²) in [5, 5.41) is 3.34. The van der Waals surface area contributed by atoms with Gasteiger partial charge in [-0.3, -0.25) is 4.79 Å².